The number of aliphatic hydroxyl groups is 1. The van der Waals surface area contributed by atoms with Crippen LogP contribution in [0.25, 0.3) is 5.57 Å². The van der Waals surface area contributed by atoms with Gasteiger partial charge in [-0.05, 0) is 93.6 Å². The summed E-state index contributed by atoms with van der Waals surface area (Å²) in [5, 5.41) is 11.4. The molecule has 0 unspecified atom stereocenters. The summed E-state index contributed by atoms with van der Waals surface area (Å²) >= 11 is 6.11. The number of fused-ring (bicyclic) bond motifs is 2. The molecule has 0 radical (unpaired) electrons. The minimum absolute atomic E-state index is 0.442. The maximum Gasteiger partial charge on any atom is 0.131 e. The first-order valence-corrected chi connectivity index (χ1v) is 14.1. The molecule has 0 saturated carbocycles. The standard InChI is InChI=1S/C32H38ClN3O2/c1-4-36(25-12-10-24(33)11-13-25)26-15-19-35(20-16-26)18-6-8-27-28-7-5-17-34-30(28)22-38-31-14-9-23(21-29(27)31)32(2,3)37/h5,7-14,17,21,26,37H,4,6,15-16,18-20,22H2,1-3H3/b27-8+. The summed E-state index contributed by atoms with van der Waals surface area (Å²) in [6.07, 6.45) is 7.41. The Kier molecular flexibility index (Phi) is 8.08. The van der Waals surface area contributed by atoms with Gasteiger partial charge in [-0.25, -0.2) is 0 Å². The van der Waals surface area contributed by atoms with Crippen molar-refractivity contribution in [2.75, 3.05) is 31.1 Å². The fraction of sp³-hybridized carbons (Fsp3) is 0.406. The number of anilines is 1. The van der Waals surface area contributed by atoms with Gasteiger partial charge in [-0.15, -0.1) is 0 Å². The molecule has 0 amide bonds. The molecule has 1 saturated heterocycles. The number of rotatable bonds is 7. The third-order valence-electron chi connectivity index (χ3n) is 7.81. The monoisotopic (exact) mass is 531 g/mol. The van der Waals surface area contributed by atoms with Crippen LogP contribution in [0, 0.1) is 0 Å². The minimum Gasteiger partial charge on any atom is -0.487 e. The van der Waals surface area contributed by atoms with Crippen molar-refractivity contribution in [3.63, 3.8) is 0 Å². The quantitative estimate of drug-likeness (QED) is 0.369. The smallest absolute Gasteiger partial charge is 0.131 e. The third kappa shape index (κ3) is 5.90. The molecule has 2 aromatic carbocycles. The average Bonchev–Trinajstić information content (AvgIpc) is 3.07. The minimum atomic E-state index is -0.924. The van der Waals surface area contributed by atoms with Crippen LogP contribution in [0.2, 0.25) is 5.02 Å². The SMILES string of the molecule is CCN(c1ccc(Cl)cc1)C1CCN(CC/C=C2/c3cc(C(C)(C)O)ccc3OCc3ncccc32)CC1. The van der Waals surface area contributed by atoms with Crippen LogP contribution < -0.4 is 9.64 Å². The Labute approximate surface area is 231 Å². The van der Waals surface area contributed by atoms with E-state index in [1.807, 2.05) is 50.4 Å². The maximum atomic E-state index is 10.7. The van der Waals surface area contributed by atoms with Gasteiger partial charge in [0.05, 0.1) is 11.3 Å². The van der Waals surface area contributed by atoms with Crippen molar-refractivity contribution in [1.29, 1.82) is 0 Å². The molecular weight excluding hydrogens is 494 g/mol. The summed E-state index contributed by atoms with van der Waals surface area (Å²) in [5.74, 6) is 0.838. The molecule has 6 heteroatoms. The van der Waals surface area contributed by atoms with Gasteiger partial charge in [-0.3, -0.25) is 4.98 Å². The van der Waals surface area contributed by atoms with Crippen LogP contribution in [-0.2, 0) is 12.2 Å². The lowest BCUT2D eigenvalue weighted by atomic mass is 9.90. The number of halogens is 1. The van der Waals surface area contributed by atoms with E-state index in [-0.39, 0.29) is 0 Å². The van der Waals surface area contributed by atoms with E-state index in [1.54, 1.807) is 0 Å². The Bertz CT molecular complexity index is 1270. The molecule has 0 bridgehead atoms. The second-order valence-corrected chi connectivity index (χ2v) is 11.2. The molecule has 0 spiro atoms. The third-order valence-corrected chi connectivity index (χ3v) is 8.06. The zero-order valence-corrected chi connectivity index (χ0v) is 23.4. The Morgan fingerprint density at radius 3 is 2.58 bits per heavy atom. The lowest BCUT2D eigenvalue weighted by molar-refractivity contribution is 0.0785. The zero-order valence-electron chi connectivity index (χ0n) is 22.7. The van der Waals surface area contributed by atoms with E-state index >= 15 is 0 Å². The number of hydrogen-bond acceptors (Lipinski definition) is 5. The van der Waals surface area contributed by atoms with Crippen LogP contribution in [0.15, 0.2) is 66.9 Å². The van der Waals surface area contributed by atoms with Crippen molar-refractivity contribution in [1.82, 2.24) is 9.88 Å². The van der Waals surface area contributed by atoms with Gasteiger partial charge in [-0.2, -0.15) is 0 Å². The molecule has 5 nitrogen and oxygen atoms in total. The van der Waals surface area contributed by atoms with Crippen LogP contribution in [0.3, 0.4) is 0 Å². The van der Waals surface area contributed by atoms with Gasteiger partial charge in [-0.1, -0.05) is 29.8 Å². The fourth-order valence-electron chi connectivity index (χ4n) is 5.69. The molecule has 1 aromatic heterocycles. The van der Waals surface area contributed by atoms with Gasteiger partial charge >= 0.3 is 0 Å². The Morgan fingerprint density at radius 2 is 1.87 bits per heavy atom. The second-order valence-electron chi connectivity index (χ2n) is 10.8. The highest BCUT2D eigenvalue weighted by atomic mass is 35.5. The van der Waals surface area contributed by atoms with Crippen molar-refractivity contribution in [3.05, 3.63) is 94.3 Å². The Hall–Kier alpha value is -2.86. The number of piperidine rings is 1. The van der Waals surface area contributed by atoms with E-state index in [0.717, 1.165) is 84.2 Å². The topological polar surface area (TPSA) is 48.8 Å². The molecule has 0 atom stereocenters. The summed E-state index contributed by atoms with van der Waals surface area (Å²) in [6, 6.07) is 18.9. The first-order valence-electron chi connectivity index (χ1n) is 13.7. The summed E-state index contributed by atoms with van der Waals surface area (Å²) < 4.78 is 6.15. The van der Waals surface area contributed by atoms with Crippen molar-refractivity contribution < 1.29 is 9.84 Å². The predicted molar refractivity (Wildman–Crippen MR) is 156 cm³/mol. The maximum absolute atomic E-state index is 10.7. The number of ether oxygens (including phenoxy) is 1. The van der Waals surface area contributed by atoms with Crippen LogP contribution in [-0.4, -0.2) is 47.2 Å². The molecule has 2 aliphatic rings. The molecule has 1 fully saturated rings. The predicted octanol–water partition coefficient (Wildman–Crippen LogP) is 6.67. The first-order chi connectivity index (χ1) is 18.3. The number of pyridine rings is 1. The summed E-state index contributed by atoms with van der Waals surface area (Å²) in [4.78, 5) is 9.70. The van der Waals surface area contributed by atoms with Crippen LogP contribution in [0.1, 0.15) is 62.4 Å². The van der Waals surface area contributed by atoms with E-state index in [1.165, 1.54) is 5.69 Å². The summed E-state index contributed by atoms with van der Waals surface area (Å²) in [7, 11) is 0. The zero-order chi connectivity index (χ0) is 26.7. The van der Waals surface area contributed by atoms with Gasteiger partial charge in [0.2, 0.25) is 0 Å². The summed E-state index contributed by atoms with van der Waals surface area (Å²) in [5.41, 5.74) is 5.43. The molecule has 200 valence electrons. The normalized spacial score (nSPS) is 17.4. The summed E-state index contributed by atoms with van der Waals surface area (Å²) in [6.45, 7) is 10.5. The highest BCUT2D eigenvalue weighted by Gasteiger charge is 2.26. The van der Waals surface area contributed by atoms with E-state index in [4.69, 9.17) is 16.3 Å². The average molecular weight is 532 g/mol. The van der Waals surface area contributed by atoms with Crippen molar-refractivity contribution in [3.8, 4) is 5.75 Å². The molecule has 2 aliphatic heterocycles. The van der Waals surface area contributed by atoms with Crippen LogP contribution >= 0.6 is 11.6 Å². The van der Waals surface area contributed by atoms with Crippen molar-refractivity contribution >= 4 is 22.9 Å². The van der Waals surface area contributed by atoms with E-state index in [0.29, 0.717) is 12.6 Å². The largest absolute Gasteiger partial charge is 0.487 e. The number of hydrogen-bond donors (Lipinski definition) is 1. The highest BCUT2D eigenvalue weighted by Crippen LogP contribution is 2.38. The molecule has 3 heterocycles. The van der Waals surface area contributed by atoms with Crippen molar-refractivity contribution in [2.45, 2.75) is 58.3 Å². The van der Waals surface area contributed by atoms with Gasteiger partial charge in [0.25, 0.3) is 0 Å². The lowest BCUT2D eigenvalue weighted by Crippen LogP contribution is -2.45. The molecule has 3 aromatic rings. The van der Waals surface area contributed by atoms with E-state index in [2.05, 4.69) is 52.0 Å². The number of likely N-dealkylation sites (tertiary alicyclic amines) is 1. The van der Waals surface area contributed by atoms with Crippen LogP contribution in [0.4, 0.5) is 5.69 Å². The molecule has 1 N–H and O–H groups in total. The molecule has 0 aliphatic carbocycles. The van der Waals surface area contributed by atoms with E-state index < -0.39 is 5.60 Å². The number of benzene rings is 2. The van der Waals surface area contributed by atoms with Crippen LogP contribution in [0.5, 0.6) is 5.75 Å². The molecule has 5 rings (SSSR count). The molecular formula is C32H38ClN3O2. The first kappa shape index (κ1) is 26.7. The number of aromatic nitrogens is 1. The molecule has 38 heavy (non-hydrogen) atoms. The Balaban J connectivity index is 1.30. The number of nitrogens with zero attached hydrogens (tertiary/aromatic N) is 3. The van der Waals surface area contributed by atoms with Gasteiger partial charge in [0, 0.05) is 60.3 Å². The van der Waals surface area contributed by atoms with Gasteiger partial charge in [0.1, 0.15) is 12.4 Å². The van der Waals surface area contributed by atoms with Crippen molar-refractivity contribution in [2.24, 2.45) is 0 Å². The fourth-order valence-corrected chi connectivity index (χ4v) is 5.81. The van der Waals surface area contributed by atoms with Gasteiger partial charge < -0.3 is 19.6 Å². The van der Waals surface area contributed by atoms with Gasteiger partial charge in [0.15, 0.2) is 0 Å². The highest BCUT2D eigenvalue weighted by molar-refractivity contribution is 6.30. The van der Waals surface area contributed by atoms with E-state index in [9.17, 15) is 5.11 Å². The lowest BCUT2D eigenvalue weighted by Gasteiger charge is -2.39. The Morgan fingerprint density at radius 1 is 1.11 bits per heavy atom. The second kappa shape index (κ2) is 11.5.